The number of hydrogen-bond donors (Lipinski definition) is 4. The number of benzene rings is 2. The third kappa shape index (κ3) is 3.52. The Morgan fingerprint density at radius 3 is 2.53 bits per heavy atom. The van der Waals surface area contributed by atoms with Crippen LogP contribution in [0.4, 0.5) is 0 Å². The highest BCUT2D eigenvalue weighted by atomic mass is 35.5. The van der Waals surface area contributed by atoms with Gasteiger partial charge in [0.1, 0.15) is 29.7 Å². The van der Waals surface area contributed by atoms with Crippen molar-refractivity contribution in [2.75, 3.05) is 19.0 Å². The number of aliphatic hydroxyl groups is 4. The van der Waals surface area contributed by atoms with Gasteiger partial charge in [-0.1, -0.05) is 35.9 Å². The zero-order chi connectivity index (χ0) is 21.5. The molecule has 2 aliphatic heterocycles. The van der Waals surface area contributed by atoms with Gasteiger partial charge >= 0.3 is 0 Å². The van der Waals surface area contributed by atoms with E-state index in [4.69, 9.17) is 21.1 Å². The minimum absolute atomic E-state index is 0.246. The van der Waals surface area contributed by atoms with Crippen molar-refractivity contribution >= 4 is 23.4 Å². The van der Waals surface area contributed by atoms with Crippen LogP contribution in [0.5, 0.6) is 5.75 Å². The zero-order valence-electron chi connectivity index (χ0n) is 16.5. The van der Waals surface area contributed by atoms with Crippen LogP contribution in [-0.2, 0) is 16.1 Å². The highest BCUT2D eigenvalue weighted by Crippen LogP contribution is 2.57. The molecule has 0 aliphatic carbocycles. The second kappa shape index (κ2) is 8.31. The lowest BCUT2D eigenvalue weighted by molar-refractivity contribution is -0.275. The molecule has 0 saturated carbocycles. The molecule has 2 aromatic carbocycles. The van der Waals surface area contributed by atoms with E-state index in [1.54, 1.807) is 12.1 Å². The van der Waals surface area contributed by atoms with Crippen LogP contribution in [-0.4, -0.2) is 63.3 Å². The van der Waals surface area contributed by atoms with Crippen molar-refractivity contribution in [1.29, 1.82) is 0 Å². The van der Waals surface area contributed by atoms with E-state index in [9.17, 15) is 20.4 Å². The van der Waals surface area contributed by atoms with Crippen LogP contribution < -0.4 is 4.74 Å². The van der Waals surface area contributed by atoms with Gasteiger partial charge in [0.15, 0.2) is 4.93 Å². The van der Waals surface area contributed by atoms with Crippen LogP contribution >= 0.6 is 23.4 Å². The van der Waals surface area contributed by atoms with Crippen molar-refractivity contribution in [1.82, 2.24) is 0 Å². The second-order valence-corrected chi connectivity index (χ2v) is 9.31. The molecule has 2 fully saturated rings. The number of halogens is 1. The van der Waals surface area contributed by atoms with Crippen LogP contribution in [0.3, 0.4) is 0 Å². The first kappa shape index (κ1) is 21.9. The van der Waals surface area contributed by atoms with E-state index in [1.807, 2.05) is 37.3 Å². The topological polar surface area (TPSA) is 99.4 Å². The summed E-state index contributed by atoms with van der Waals surface area (Å²) in [6, 6.07) is 13.1. The quantitative estimate of drug-likeness (QED) is 0.532. The predicted molar refractivity (Wildman–Crippen MR) is 115 cm³/mol. The van der Waals surface area contributed by atoms with Crippen molar-refractivity contribution in [3.05, 3.63) is 64.2 Å². The Hall–Kier alpha value is -1.32. The largest absolute Gasteiger partial charge is 0.494 e. The summed E-state index contributed by atoms with van der Waals surface area (Å²) in [5.74, 6) is 1.05. The molecule has 2 aliphatic rings. The van der Waals surface area contributed by atoms with Crippen LogP contribution in [0.15, 0.2) is 42.5 Å². The summed E-state index contributed by atoms with van der Waals surface area (Å²) < 4.78 is 11.6. The normalized spacial score (nSPS) is 32.9. The number of hydrogen-bond acceptors (Lipinski definition) is 7. The Bertz CT molecular complexity index is 909. The second-order valence-electron chi connectivity index (χ2n) is 7.72. The molecule has 0 aromatic heterocycles. The molecule has 8 heteroatoms. The van der Waals surface area contributed by atoms with Gasteiger partial charge in [0.2, 0.25) is 0 Å². The molecule has 2 bridgehead atoms. The summed E-state index contributed by atoms with van der Waals surface area (Å²) in [5.41, 5.74) is 1.19. The molecule has 4 rings (SSSR count). The number of rotatable bonds is 6. The maximum Gasteiger partial charge on any atom is 0.168 e. The van der Waals surface area contributed by atoms with Gasteiger partial charge in [-0.3, -0.25) is 0 Å². The fourth-order valence-corrected chi connectivity index (χ4v) is 5.88. The van der Waals surface area contributed by atoms with E-state index in [-0.39, 0.29) is 5.75 Å². The monoisotopic (exact) mass is 452 g/mol. The molecular formula is C22H25ClO6S. The standard InChI is InChI=1S/C22H25ClO6S/c1-2-28-16-6-3-13(4-7-16)9-14-10-15(5-8-17(14)23)22-20(27)18(25)19(26)21(11-24,29-22)12-30-22/h3-8,10,18-20,24-27H,2,9,11-12H2,1H3. The van der Waals surface area contributed by atoms with Gasteiger partial charge in [0.25, 0.3) is 0 Å². The number of fused-ring (bicyclic) bond motifs is 2. The van der Waals surface area contributed by atoms with E-state index >= 15 is 0 Å². The lowest BCUT2D eigenvalue weighted by atomic mass is 9.84. The van der Waals surface area contributed by atoms with Gasteiger partial charge in [0.05, 0.1) is 13.2 Å². The molecule has 0 radical (unpaired) electrons. The van der Waals surface area contributed by atoms with Crippen molar-refractivity contribution < 1.29 is 29.9 Å². The Labute approximate surface area is 184 Å². The number of aliphatic hydroxyl groups excluding tert-OH is 4. The van der Waals surface area contributed by atoms with E-state index < -0.39 is 35.5 Å². The minimum Gasteiger partial charge on any atom is -0.494 e. The molecule has 5 atom stereocenters. The third-order valence-corrected chi connectivity index (χ3v) is 7.80. The zero-order valence-corrected chi connectivity index (χ0v) is 18.1. The average molecular weight is 453 g/mol. The molecule has 2 heterocycles. The van der Waals surface area contributed by atoms with Crippen molar-refractivity contribution in [3.63, 3.8) is 0 Å². The maximum atomic E-state index is 10.8. The maximum absolute atomic E-state index is 10.8. The molecule has 6 nitrogen and oxygen atoms in total. The summed E-state index contributed by atoms with van der Waals surface area (Å²) in [5, 5.41) is 42.0. The van der Waals surface area contributed by atoms with E-state index in [0.29, 0.717) is 23.6 Å². The highest BCUT2D eigenvalue weighted by molar-refractivity contribution is 8.00. The van der Waals surface area contributed by atoms with Crippen molar-refractivity contribution in [2.24, 2.45) is 0 Å². The molecule has 5 unspecified atom stereocenters. The molecule has 2 saturated heterocycles. The van der Waals surface area contributed by atoms with E-state index in [2.05, 4.69) is 0 Å². The lowest BCUT2D eigenvalue weighted by Crippen LogP contribution is -2.65. The first-order valence-electron chi connectivity index (χ1n) is 9.85. The molecule has 0 amide bonds. The Balaban J connectivity index is 1.66. The van der Waals surface area contributed by atoms with Gasteiger partial charge in [-0.05, 0) is 48.2 Å². The first-order valence-corrected chi connectivity index (χ1v) is 11.2. The fourth-order valence-electron chi connectivity index (χ4n) is 4.09. The SMILES string of the molecule is CCOc1ccc(Cc2cc(C34OC(CO)(CS3)C(O)C(O)C4O)ccc2Cl)cc1. The van der Waals surface area contributed by atoms with Gasteiger partial charge in [0, 0.05) is 10.8 Å². The minimum atomic E-state index is -1.44. The van der Waals surface area contributed by atoms with Crippen molar-refractivity contribution in [2.45, 2.75) is 42.2 Å². The Morgan fingerprint density at radius 2 is 1.87 bits per heavy atom. The fraction of sp³-hybridized carbons (Fsp3) is 0.455. The average Bonchev–Trinajstić information content (AvgIpc) is 3.14. The summed E-state index contributed by atoms with van der Waals surface area (Å²) >= 11 is 7.71. The summed E-state index contributed by atoms with van der Waals surface area (Å²) in [4.78, 5) is -1.29. The van der Waals surface area contributed by atoms with Crippen LogP contribution in [0.25, 0.3) is 0 Å². The van der Waals surface area contributed by atoms with E-state index in [0.717, 1.165) is 16.9 Å². The summed E-state index contributed by atoms with van der Waals surface area (Å²) in [6.07, 6.45) is -3.62. The third-order valence-electron chi connectivity index (χ3n) is 5.81. The molecule has 162 valence electrons. The summed E-state index contributed by atoms with van der Waals surface area (Å²) in [7, 11) is 0. The molecule has 4 N–H and O–H groups in total. The van der Waals surface area contributed by atoms with Crippen LogP contribution in [0, 0.1) is 0 Å². The predicted octanol–water partition coefficient (Wildman–Crippen LogP) is 2.07. The first-order chi connectivity index (χ1) is 14.3. The van der Waals surface area contributed by atoms with Gasteiger partial charge < -0.3 is 29.9 Å². The van der Waals surface area contributed by atoms with Crippen LogP contribution in [0.2, 0.25) is 5.02 Å². The molecular weight excluding hydrogens is 428 g/mol. The van der Waals surface area contributed by atoms with Crippen molar-refractivity contribution in [3.8, 4) is 5.75 Å². The van der Waals surface area contributed by atoms with E-state index in [1.165, 1.54) is 11.8 Å². The number of thioether (sulfide) groups is 1. The lowest BCUT2D eigenvalue weighted by Gasteiger charge is -2.47. The van der Waals surface area contributed by atoms with Crippen LogP contribution in [0.1, 0.15) is 23.6 Å². The highest BCUT2D eigenvalue weighted by Gasteiger charge is 2.66. The Morgan fingerprint density at radius 1 is 1.13 bits per heavy atom. The summed E-state index contributed by atoms with van der Waals surface area (Å²) in [6.45, 7) is 2.08. The molecule has 0 spiro atoms. The molecule has 2 aromatic rings. The smallest absolute Gasteiger partial charge is 0.168 e. The van der Waals surface area contributed by atoms with Gasteiger partial charge in [-0.2, -0.15) is 0 Å². The van der Waals surface area contributed by atoms with Gasteiger partial charge in [-0.15, -0.1) is 11.8 Å². The Kier molecular flexibility index (Phi) is 6.07. The van der Waals surface area contributed by atoms with Gasteiger partial charge in [-0.25, -0.2) is 0 Å². The molecule has 30 heavy (non-hydrogen) atoms. The number of ether oxygens (including phenoxy) is 2.